The predicted molar refractivity (Wildman–Crippen MR) is 125 cm³/mol. The molecule has 2 amide bonds. The third kappa shape index (κ3) is 4.38. The molecule has 3 aromatic rings. The molecule has 1 unspecified atom stereocenters. The van der Waals surface area contributed by atoms with Gasteiger partial charge in [0.15, 0.2) is 5.65 Å². The molecule has 0 bridgehead atoms. The number of primary amides is 1. The number of nitrogens with two attached hydrogens (primary N) is 1. The van der Waals surface area contributed by atoms with Gasteiger partial charge in [0, 0.05) is 31.1 Å². The first-order valence-electron chi connectivity index (χ1n) is 11.4. The van der Waals surface area contributed by atoms with Crippen molar-refractivity contribution in [1.29, 1.82) is 0 Å². The van der Waals surface area contributed by atoms with Gasteiger partial charge in [0.05, 0.1) is 22.8 Å². The molecule has 2 aromatic heterocycles. The van der Waals surface area contributed by atoms with Crippen molar-refractivity contribution in [1.82, 2.24) is 19.7 Å². The smallest absolute Gasteiger partial charge is 0.254 e. The fourth-order valence-corrected chi connectivity index (χ4v) is 4.57. The number of likely N-dealkylation sites (tertiary alicyclic amines) is 1. The van der Waals surface area contributed by atoms with E-state index in [0.717, 1.165) is 47.1 Å². The summed E-state index contributed by atoms with van der Waals surface area (Å²) >= 11 is 0. The van der Waals surface area contributed by atoms with Crippen molar-refractivity contribution in [3.05, 3.63) is 47.7 Å². The number of carbonyl (C=O) groups is 2. The number of benzene rings is 1. The fraction of sp³-hybridized carbons (Fsp3) is 0.440. The average molecular weight is 434 g/mol. The van der Waals surface area contributed by atoms with Crippen LogP contribution in [0.3, 0.4) is 0 Å². The molecular formula is C25H31N5O2. The second-order valence-corrected chi connectivity index (χ2v) is 9.05. The average Bonchev–Trinajstić information content (AvgIpc) is 3.21. The van der Waals surface area contributed by atoms with E-state index in [1.54, 1.807) is 6.20 Å². The molecule has 1 saturated heterocycles. The molecule has 0 saturated carbocycles. The zero-order chi connectivity index (χ0) is 22.8. The lowest BCUT2D eigenvalue weighted by Crippen LogP contribution is -2.40. The van der Waals surface area contributed by atoms with Crippen LogP contribution in [-0.4, -0.2) is 44.6 Å². The van der Waals surface area contributed by atoms with Gasteiger partial charge in [-0.2, -0.15) is 5.10 Å². The molecule has 1 fully saturated rings. The Morgan fingerprint density at radius 1 is 1.25 bits per heavy atom. The summed E-state index contributed by atoms with van der Waals surface area (Å²) in [5.74, 6) is 0.0133. The molecule has 32 heavy (non-hydrogen) atoms. The zero-order valence-corrected chi connectivity index (χ0v) is 19.0. The molecule has 7 heteroatoms. The van der Waals surface area contributed by atoms with E-state index >= 15 is 0 Å². The number of piperidine rings is 1. The quantitative estimate of drug-likeness (QED) is 0.633. The highest BCUT2D eigenvalue weighted by atomic mass is 16.2. The number of aromatic nitrogens is 3. The Labute approximate surface area is 188 Å². The van der Waals surface area contributed by atoms with E-state index in [4.69, 9.17) is 10.7 Å². The monoisotopic (exact) mass is 433 g/mol. The lowest BCUT2D eigenvalue weighted by Gasteiger charge is -2.33. The number of pyridine rings is 1. The number of hydrogen-bond acceptors (Lipinski definition) is 4. The van der Waals surface area contributed by atoms with Crippen LogP contribution in [0, 0.1) is 12.8 Å². The molecule has 168 valence electrons. The SMILES string of the molecule is Cc1ccccc1-c1cc(C(=O)N2CCCC(CCC(N)=O)C2)c2cnn(C(C)C)c2n1. The Bertz CT molecular complexity index is 1150. The molecule has 1 aliphatic rings. The minimum absolute atomic E-state index is 0.000634. The van der Waals surface area contributed by atoms with Gasteiger partial charge in [-0.05, 0) is 57.6 Å². The Balaban J connectivity index is 1.75. The summed E-state index contributed by atoms with van der Waals surface area (Å²) in [6, 6.07) is 10.1. The molecule has 0 spiro atoms. The molecule has 0 aliphatic carbocycles. The van der Waals surface area contributed by atoms with Gasteiger partial charge < -0.3 is 10.6 Å². The molecule has 1 atom stereocenters. The van der Waals surface area contributed by atoms with Gasteiger partial charge in [0.1, 0.15) is 0 Å². The summed E-state index contributed by atoms with van der Waals surface area (Å²) in [6.45, 7) is 7.53. The van der Waals surface area contributed by atoms with E-state index in [1.165, 1.54) is 0 Å². The lowest BCUT2D eigenvalue weighted by atomic mass is 9.92. The summed E-state index contributed by atoms with van der Waals surface area (Å²) < 4.78 is 1.87. The van der Waals surface area contributed by atoms with Gasteiger partial charge in [0.2, 0.25) is 5.91 Å². The summed E-state index contributed by atoms with van der Waals surface area (Å²) in [5.41, 5.74) is 9.60. The number of carbonyl (C=O) groups excluding carboxylic acids is 2. The van der Waals surface area contributed by atoms with Crippen molar-refractivity contribution >= 4 is 22.8 Å². The van der Waals surface area contributed by atoms with Gasteiger partial charge in [-0.25, -0.2) is 9.67 Å². The molecule has 3 heterocycles. The van der Waals surface area contributed by atoms with Crippen molar-refractivity contribution in [2.75, 3.05) is 13.1 Å². The van der Waals surface area contributed by atoms with Gasteiger partial charge in [-0.15, -0.1) is 0 Å². The lowest BCUT2D eigenvalue weighted by molar-refractivity contribution is -0.118. The van der Waals surface area contributed by atoms with E-state index in [9.17, 15) is 9.59 Å². The van der Waals surface area contributed by atoms with E-state index in [1.807, 2.05) is 33.8 Å². The van der Waals surface area contributed by atoms with Crippen molar-refractivity contribution in [2.24, 2.45) is 11.7 Å². The number of fused-ring (bicyclic) bond motifs is 1. The third-order valence-electron chi connectivity index (χ3n) is 6.31. The van der Waals surface area contributed by atoms with Crippen LogP contribution in [-0.2, 0) is 4.79 Å². The van der Waals surface area contributed by atoms with Crippen LogP contribution in [0.25, 0.3) is 22.3 Å². The zero-order valence-electron chi connectivity index (χ0n) is 19.0. The van der Waals surface area contributed by atoms with Crippen LogP contribution in [0.15, 0.2) is 36.5 Å². The number of aryl methyl sites for hydroxylation is 1. The standard InChI is InChI=1S/C25H31N5O2/c1-16(2)30-24-21(14-27-30)20(13-22(28-24)19-9-5-4-7-17(19)3)25(32)29-12-6-8-18(15-29)10-11-23(26)31/h4-5,7,9,13-14,16,18H,6,8,10-12,15H2,1-3H3,(H2,26,31). The van der Waals surface area contributed by atoms with Crippen LogP contribution < -0.4 is 5.73 Å². The maximum Gasteiger partial charge on any atom is 0.254 e. The van der Waals surface area contributed by atoms with Crippen molar-refractivity contribution in [3.63, 3.8) is 0 Å². The Hall–Kier alpha value is -3.22. The van der Waals surface area contributed by atoms with Crippen LogP contribution in [0.1, 0.15) is 61.5 Å². The normalized spacial score (nSPS) is 16.6. The summed E-state index contributed by atoms with van der Waals surface area (Å²) in [6.07, 6.45) is 4.79. The van der Waals surface area contributed by atoms with E-state index in [0.29, 0.717) is 31.0 Å². The first kappa shape index (κ1) is 22.0. The number of rotatable bonds is 6. The highest BCUT2D eigenvalue weighted by molar-refractivity contribution is 6.06. The summed E-state index contributed by atoms with van der Waals surface area (Å²) in [7, 11) is 0. The molecule has 1 aromatic carbocycles. The second-order valence-electron chi connectivity index (χ2n) is 9.05. The second kappa shape index (κ2) is 9.10. The maximum atomic E-state index is 13.7. The van der Waals surface area contributed by atoms with Crippen molar-refractivity contribution in [3.8, 4) is 11.3 Å². The van der Waals surface area contributed by atoms with E-state index < -0.39 is 0 Å². The Kier molecular flexibility index (Phi) is 6.26. The van der Waals surface area contributed by atoms with Crippen molar-refractivity contribution in [2.45, 2.75) is 52.5 Å². The minimum Gasteiger partial charge on any atom is -0.370 e. The molecule has 2 N–H and O–H groups in total. The Morgan fingerprint density at radius 2 is 2.03 bits per heavy atom. The van der Waals surface area contributed by atoms with Crippen LogP contribution >= 0.6 is 0 Å². The fourth-order valence-electron chi connectivity index (χ4n) is 4.57. The van der Waals surface area contributed by atoms with Gasteiger partial charge >= 0.3 is 0 Å². The Morgan fingerprint density at radius 3 is 2.75 bits per heavy atom. The van der Waals surface area contributed by atoms with Gasteiger partial charge in [-0.3, -0.25) is 9.59 Å². The highest BCUT2D eigenvalue weighted by Crippen LogP contribution is 2.30. The van der Waals surface area contributed by atoms with E-state index in [-0.39, 0.29) is 17.9 Å². The largest absolute Gasteiger partial charge is 0.370 e. The first-order valence-corrected chi connectivity index (χ1v) is 11.4. The number of nitrogens with zero attached hydrogens (tertiary/aromatic N) is 4. The first-order chi connectivity index (χ1) is 15.3. The summed E-state index contributed by atoms with van der Waals surface area (Å²) in [5, 5.41) is 5.31. The number of hydrogen-bond donors (Lipinski definition) is 1. The molecule has 4 rings (SSSR count). The van der Waals surface area contributed by atoms with E-state index in [2.05, 4.69) is 31.9 Å². The predicted octanol–water partition coefficient (Wildman–Crippen LogP) is 4.11. The molecule has 0 radical (unpaired) electrons. The topological polar surface area (TPSA) is 94.1 Å². The molecular weight excluding hydrogens is 402 g/mol. The number of amides is 2. The molecule has 7 nitrogen and oxygen atoms in total. The maximum absolute atomic E-state index is 13.7. The van der Waals surface area contributed by atoms with Crippen LogP contribution in [0.2, 0.25) is 0 Å². The molecule has 1 aliphatic heterocycles. The van der Waals surface area contributed by atoms with Crippen LogP contribution in [0.4, 0.5) is 0 Å². The highest BCUT2D eigenvalue weighted by Gasteiger charge is 2.27. The van der Waals surface area contributed by atoms with Crippen LogP contribution in [0.5, 0.6) is 0 Å². The van der Waals surface area contributed by atoms with Gasteiger partial charge in [-0.1, -0.05) is 24.3 Å². The summed E-state index contributed by atoms with van der Waals surface area (Å²) in [4.78, 5) is 31.8. The minimum atomic E-state index is -0.284. The van der Waals surface area contributed by atoms with Gasteiger partial charge in [0.25, 0.3) is 5.91 Å². The van der Waals surface area contributed by atoms with Crippen molar-refractivity contribution < 1.29 is 9.59 Å². The third-order valence-corrected chi connectivity index (χ3v) is 6.31.